The van der Waals surface area contributed by atoms with Gasteiger partial charge in [-0.15, -0.1) is 11.3 Å². The van der Waals surface area contributed by atoms with Crippen LogP contribution in [0.3, 0.4) is 0 Å². The molecule has 1 aromatic rings. The van der Waals surface area contributed by atoms with E-state index in [9.17, 15) is 4.79 Å². The van der Waals surface area contributed by atoms with E-state index in [1.54, 1.807) is 0 Å². The van der Waals surface area contributed by atoms with Crippen LogP contribution in [0.5, 0.6) is 0 Å². The molecule has 0 bridgehead atoms. The van der Waals surface area contributed by atoms with E-state index >= 15 is 0 Å². The van der Waals surface area contributed by atoms with Gasteiger partial charge in [-0.1, -0.05) is 6.92 Å². The Kier molecular flexibility index (Phi) is 3.63. The predicted octanol–water partition coefficient (Wildman–Crippen LogP) is 2.57. The highest BCUT2D eigenvalue weighted by Crippen LogP contribution is 2.48. The molecule has 1 fully saturated rings. The molecule has 19 heavy (non-hydrogen) atoms. The fourth-order valence-corrected chi connectivity index (χ4v) is 4.08. The average molecular weight is 278 g/mol. The van der Waals surface area contributed by atoms with Crippen LogP contribution in [-0.2, 0) is 11.2 Å². The molecule has 2 atom stereocenters. The van der Waals surface area contributed by atoms with Gasteiger partial charge in [-0.2, -0.15) is 0 Å². The van der Waals surface area contributed by atoms with Crippen molar-refractivity contribution in [1.82, 2.24) is 4.90 Å². The summed E-state index contributed by atoms with van der Waals surface area (Å²) in [6.07, 6.45) is 4.37. The van der Waals surface area contributed by atoms with Crippen molar-refractivity contribution < 1.29 is 4.79 Å². The first-order valence-electron chi connectivity index (χ1n) is 7.29. The van der Waals surface area contributed by atoms with Crippen LogP contribution in [0.25, 0.3) is 0 Å². The third-order valence-corrected chi connectivity index (χ3v) is 5.38. The molecule has 2 unspecified atom stereocenters. The molecule has 4 heteroatoms. The standard InChI is InChI=1S/C15H22N2OS/c1-10(4-7-16)15(18)17-8-5-13-12(6-9-19-13)14(17)11-2-3-11/h6,9-11,14H,2-5,7-8,16H2,1H3. The Labute approximate surface area is 118 Å². The normalized spacial score (nSPS) is 24.1. The van der Waals surface area contributed by atoms with Gasteiger partial charge < -0.3 is 10.6 Å². The van der Waals surface area contributed by atoms with Crippen LogP contribution in [0, 0.1) is 11.8 Å². The lowest BCUT2D eigenvalue weighted by Crippen LogP contribution is -2.43. The molecule has 104 valence electrons. The number of hydrogen-bond acceptors (Lipinski definition) is 3. The minimum absolute atomic E-state index is 0.0615. The molecule has 1 amide bonds. The maximum Gasteiger partial charge on any atom is 0.225 e. The second-order valence-electron chi connectivity index (χ2n) is 5.84. The van der Waals surface area contributed by atoms with Crippen molar-refractivity contribution in [3.63, 3.8) is 0 Å². The van der Waals surface area contributed by atoms with Crippen LogP contribution in [-0.4, -0.2) is 23.9 Å². The molecule has 1 saturated carbocycles. The largest absolute Gasteiger partial charge is 0.335 e. The van der Waals surface area contributed by atoms with E-state index in [4.69, 9.17) is 5.73 Å². The van der Waals surface area contributed by atoms with Crippen molar-refractivity contribution in [2.75, 3.05) is 13.1 Å². The zero-order valence-electron chi connectivity index (χ0n) is 11.5. The van der Waals surface area contributed by atoms with E-state index in [0.29, 0.717) is 24.4 Å². The van der Waals surface area contributed by atoms with E-state index < -0.39 is 0 Å². The number of nitrogens with two attached hydrogens (primary N) is 1. The molecular weight excluding hydrogens is 256 g/mol. The average Bonchev–Trinajstić information content (AvgIpc) is 3.13. The number of fused-ring (bicyclic) bond motifs is 1. The van der Waals surface area contributed by atoms with Crippen molar-refractivity contribution >= 4 is 17.2 Å². The highest BCUT2D eigenvalue weighted by Gasteiger charge is 2.42. The van der Waals surface area contributed by atoms with Gasteiger partial charge in [-0.3, -0.25) is 4.79 Å². The zero-order chi connectivity index (χ0) is 13.4. The highest BCUT2D eigenvalue weighted by atomic mass is 32.1. The summed E-state index contributed by atoms with van der Waals surface area (Å²) in [5.41, 5.74) is 7.02. The van der Waals surface area contributed by atoms with Crippen LogP contribution in [0.4, 0.5) is 0 Å². The van der Waals surface area contributed by atoms with Crippen molar-refractivity contribution in [3.8, 4) is 0 Å². The zero-order valence-corrected chi connectivity index (χ0v) is 12.3. The van der Waals surface area contributed by atoms with Crippen molar-refractivity contribution in [2.24, 2.45) is 17.6 Å². The summed E-state index contributed by atoms with van der Waals surface area (Å²) in [4.78, 5) is 16.3. The van der Waals surface area contributed by atoms with Gasteiger partial charge in [0, 0.05) is 17.3 Å². The maximum atomic E-state index is 12.6. The molecule has 3 nitrogen and oxygen atoms in total. The minimum Gasteiger partial charge on any atom is -0.335 e. The fraction of sp³-hybridized carbons (Fsp3) is 0.667. The van der Waals surface area contributed by atoms with Crippen molar-refractivity contribution in [3.05, 3.63) is 21.9 Å². The molecule has 2 N–H and O–H groups in total. The third-order valence-electron chi connectivity index (χ3n) is 4.39. The molecule has 3 rings (SSSR count). The molecule has 1 aliphatic heterocycles. The van der Waals surface area contributed by atoms with Crippen molar-refractivity contribution in [1.29, 1.82) is 0 Å². The lowest BCUT2D eigenvalue weighted by Gasteiger charge is -2.37. The molecule has 0 spiro atoms. The molecule has 0 aromatic carbocycles. The lowest BCUT2D eigenvalue weighted by atomic mass is 9.93. The van der Waals surface area contributed by atoms with Gasteiger partial charge >= 0.3 is 0 Å². The second kappa shape index (κ2) is 5.25. The molecule has 1 aliphatic carbocycles. The number of thiophene rings is 1. The first-order valence-corrected chi connectivity index (χ1v) is 8.17. The smallest absolute Gasteiger partial charge is 0.225 e. The summed E-state index contributed by atoms with van der Waals surface area (Å²) in [5, 5.41) is 2.18. The van der Waals surface area contributed by atoms with Crippen molar-refractivity contribution in [2.45, 2.75) is 38.6 Å². The van der Waals surface area contributed by atoms with Gasteiger partial charge in [0.25, 0.3) is 0 Å². The Morgan fingerprint density at radius 2 is 2.37 bits per heavy atom. The molecular formula is C15H22N2OS. The van der Waals surface area contributed by atoms with Crippen LogP contribution in [0.2, 0.25) is 0 Å². The minimum atomic E-state index is 0.0615. The summed E-state index contributed by atoms with van der Waals surface area (Å²) in [7, 11) is 0. The van der Waals surface area contributed by atoms with E-state index in [-0.39, 0.29) is 5.92 Å². The van der Waals surface area contributed by atoms with Crippen LogP contribution in [0.1, 0.15) is 42.7 Å². The number of nitrogens with zero attached hydrogens (tertiary/aromatic N) is 1. The first kappa shape index (κ1) is 13.1. The number of hydrogen-bond donors (Lipinski definition) is 1. The van der Waals surface area contributed by atoms with E-state index in [1.165, 1.54) is 23.3 Å². The Bertz CT molecular complexity index is 466. The summed E-state index contributed by atoms with van der Waals surface area (Å²) in [6, 6.07) is 2.58. The van der Waals surface area contributed by atoms with Crippen LogP contribution >= 0.6 is 11.3 Å². The topological polar surface area (TPSA) is 46.3 Å². The predicted molar refractivity (Wildman–Crippen MR) is 78.0 cm³/mol. The fourth-order valence-electron chi connectivity index (χ4n) is 3.17. The van der Waals surface area contributed by atoms with Gasteiger partial charge in [-0.05, 0) is 55.2 Å². The summed E-state index contributed by atoms with van der Waals surface area (Å²) in [6.45, 7) is 3.50. The Balaban J connectivity index is 1.83. The second-order valence-corrected chi connectivity index (χ2v) is 6.84. The van der Waals surface area contributed by atoms with Gasteiger partial charge in [0.15, 0.2) is 0 Å². The highest BCUT2D eigenvalue weighted by molar-refractivity contribution is 7.10. The lowest BCUT2D eigenvalue weighted by molar-refractivity contribution is -0.138. The molecule has 2 heterocycles. The van der Waals surface area contributed by atoms with E-state index in [2.05, 4.69) is 16.3 Å². The Morgan fingerprint density at radius 3 is 3.05 bits per heavy atom. The maximum absolute atomic E-state index is 12.6. The quantitative estimate of drug-likeness (QED) is 0.920. The Hall–Kier alpha value is -0.870. The SMILES string of the molecule is CC(CCN)C(=O)N1CCc2sccc2C1C1CC1. The van der Waals surface area contributed by atoms with E-state index in [1.807, 2.05) is 18.3 Å². The number of rotatable bonds is 4. The molecule has 2 aliphatic rings. The monoisotopic (exact) mass is 278 g/mol. The van der Waals surface area contributed by atoms with Gasteiger partial charge in [-0.25, -0.2) is 0 Å². The number of carbonyl (C=O) groups excluding carboxylic acids is 1. The van der Waals surface area contributed by atoms with Gasteiger partial charge in [0.1, 0.15) is 0 Å². The molecule has 1 aromatic heterocycles. The number of carbonyl (C=O) groups is 1. The summed E-state index contributed by atoms with van der Waals surface area (Å²) < 4.78 is 0. The molecule has 0 radical (unpaired) electrons. The summed E-state index contributed by atoms with van der Waals surface area (Å²) in [5.74, 6) is 1.06. The Morgan fingerprint density at radius 1 is 1.58 bits per heavy atom. The third kappa shape index (κ3) is 2.43. The van der Waals surface area contributed by atoms with Crippen LogP contribution in [0.15, 0.2) is 11.4 Å². The van der Waals surface area contributed by atoms with Crippen LogP contribution < -0.4 is 5.73 Å². The first-order chi connectivity index (χ1) is 9.22. The van der Waals surface area contributed by atoms with E-state index in [0.717, 1.165) is 19.4 Å². The van der Waals surface area contributed by atoms with Gasteiger partial charge in [0.2, 0.25) is 5.91 Å². The number of amides is 1. The van der Waals surface area contributed by atoms with Gasteiger partial charge in [0.05, 0.1) is 6.04 Å². The molecule has 0 saturated heterocycles. The summed E-state index contributed by atoms with van der Waals surface area (Å²) >= 11 is 1.85.